The molecule has 0 saturated heterocycles. The van der Waals surface area contributed by atoms with Crippen LogP contribution in [0.15, 0.2) is 24.4 Å². The van der Waals surface area contributed by atoms with Crippen molar-refractivity contribution in [2.75, 3.05) is 18.6 Å². The van der Waals surface area contributed by atoms with E-state index in [-0.39, 0.29) is 0 Å². The van der Waals surface area contributed by atoms with E-state index in [0.29, 0.717) is 11.4 Å². The Hall–Kier alpha value is -1.84. The van der Waals surface area contributed by atoms with E-state index >= 15 is 0 Å². The van der Waals surface area contributed by atoms with E-state index in [1.807, 2.05) is 18.3 Å². The van der Waals surface area contributed by atoms with E-state index in [1.165, 1.54) is 0 Å². The molecule has 4 heteroatoms. The van der Waals surface area contributed by atoms with Crippen LogP contribution in [0.4, 0.5) is 11.4 Å². The molecule has 2 aromatic rings. The van der Waals surface area contributed by atoms with Crippen LogP contribution in [0.5, 0.6) is 0 Å². The van der Waals surface area contributed by atoms with E-state index in [9.17, 15) is 0 Å². The van der Waals surface area contributed by atoms with Crippen molar-refractivity contribution in [3.8, 4) is 0 Å². The molecule has 0 atom stereocenters. The largest absolute Gasteiger partial charge is 0.417 e. The Morgan fingerprint density at radius 3 is 2.62 bits per heavy atom. The fourth-order valence-electron chi connectivity index (χ4n) is 1.35. The first-order valence-corrected chi connectivity index (χ1v) is 3.93. The summed E-state index contributed by atoms with van der Waals surface area (Å²) in [5.41, 5.74) is 13.4. The summed E-state index contributed by atoms with van der Waals surface area (Å²) in [6, 6.07) is 5.56. The maximum atomic E-state index is 5.67. The maximum Gasteiger partial charge on any atom is 0.104 e. The Balaban J connectivity index is 2.77. The van der Waals surface area contributed by atoms with Gasteiger partial charge in [-0.1, -0.05) is 0 Å². The monoisotopic (exact) mass is 177 g/mol. The molecule has 0 aliphatic heterocycles. The summed E-state index contributed by atoms with van der Waals surface area (Å²) in [4.78, 5) is 5.08. The molecule has 0 aliphatic rings. The summed E-state index contributed by atoms with van der Waals surface area (Å²) < 4.78 is 1.64. The van der Waals surface area contributed by atoms with Crippen molar-refractivity contribution in [1.29, 1.82) is 0 Å². The standard InChI is InChI=1S/C9H11N3O/c1-13-12-3-2-6-4-7(10)8(11)5-9(6)12/h2-5H,10-11H2,1H3. The van der Waals surface area contributed by atoms with Crippen molar-refractivity contribution in [2.24, 2.45) is 0 Å². The Morgan fingerprint density at radius 1 is 1.23 bits per heavy atom. The predicted molar refractivity (Wildman–Crippen MR) is 53.3 cm³/mol. The lowest BCUT2D eigenvalue weighted by Gasteiger charge is -2.04. The topological polar surface area (TPSA) is 66.2 Å². The summed E-state index contributed by atoms with van der Waals surface area (Å²) in [5.74, 6) is 0. The average molecular weight is 177 g/mol. The number of nitrogens with zero attached hydrogens (tertiary/aromatic N) is 1. The number of hydrogen-bond acceptors (Lipinski definition) is 3. The van der Waals surface area contributed by atoms with Crippen LogP contribution in [0.2, 0.25) is 0 Å². The van der Waals surface area contributed by atoms with E-state index in [0.717, 1.165) is 10.9 Å². The highest BCUT2D eigenvalue weighted by Gasteiger charge is 2.03. The molecule has 2 rings (SSSR count). The highest BCUT2D eigenvalue weighted by Crippen LogP contribution is 2.23. The second kappa shape index (κ2) is 2.58. The van der Waals surface area contributed by atoms with Crippen molar-refractivity contribution in [3.63, 3.8) is 0 Å². The Labute approximate surface area is 75.6 Å². The molecule has 0 aliphatic carbocycles. The van der Waals surface area contributed by atoms with Gasteiger partial charge in [-0.2, -0.15) is 4.73 Å². The van der Waals surface area contributed by atoms with E-state index in [2.05, 4.69) is 0 Å². The highest BCUT2D eigenvalue weighted by atomic mass is 16.6. The second-order valence-corrected chi connectivity index (χ2v) is 2.86. The smallest absolute Gasteiger partial charge is 0.104 e. The molecule has 0 radical (unpaired) electrons. The number of hydrogen-bond donors (Lipinski definition) is 2. The van der Waals surface area contributed by atoms with Crippen LogP contribution < -0.4 is 16.3 Å². The molecule has 0 unspecified atom stereocenters. The van der Waals surface area contributed by atoms with Crippen molar-refractivity contribution in [3.05, 3.63) is 24.4 Å². The van der Waals surface area contributed by atoms with Gasteiger partial charge >= 0.3 is 0 Å². The average Bonchev–Trinajstić information content (AvgIpc) is 2.48. The van der Waals surface area contributed by atoms with Crippen LogP contribution >= 0.6 is 0 Å². The van der Waals surface area contributed by atoms with Crippen molar-refractivity contribution in [1.82, 2.24) is 4.73 Å². The summed E-state index contributed by atoms with van der Waals surface area (Å²) in [5, 5.41) is 1.02. The fraction of sp³-hybridized carbons (Fsp3) is 0.111. The lowest BCUT2D eigenvalue weighted by molar-refractivity contribution is 0.179. The molecule has 4 nitrogen and oxygen atoms in total. The minimum absolute atomic E-state index is 0.574. The molecular formula is C9H11N3O. The summed E-state index contributed by atoms with van der Waals surface area (Å²) in [7, 11) is 1.60. The van der Waals surface area contributed by atoms with Gasteiger partial charge in [0.15, 0.2) is 0 Å². The summed E-state index contributed by atoms with van der Waals surface area (Å²) >= 11 is 0. The first-order valence-electron chi connectivity index (χ1n) is 3.93. The second-order valence-electron chi connectivity index (χ2n) is 2.86. The molecule has 0 saturated carbocycles. The van der Waals surface area contributed by atoms with Crippen LogP contribution in [-0.2, 0) is 0 Å². The normalized spacial score (nSPS) is 10.5. The molecule has 13 heavy (non-hydrogen) atoms. The van der Waals surface area contributed by atoms with Gasteiger partial charge in [0.05, 0.1) is 16.9 Å². The van der Waals surface area contributed by atoms with Gasteiger partial charge in [-0.05, 0) is 18.2 Å². The highest BCUT2D eigenvalue weighted by molar-refractivity contribution is 5.88. The number of nitrogen functional groups attached to an aromatic ring is 2. The third-order valence-electron chi connectivity index (χ3n) is 2.06. The van der Waals surface area contributed by atoms with Crippen LogP contribution in [-0.4, -0.2) is 11.8 Å². The number of benzene rings is 1. The zero-order valence-corrected chi connectivity index (χ0v) is 7.32. The Kier molecular flexibility index (Phi) is 1.55. The first kappa shape index (κ1) is 7.79. The molecule has 68 valence electrons. The van der Waals surface area contributed by atoms with Crippen LogP contribution in [0.25, 0.3) is 10.9 Å². The van der Waals surface area contributed by atoms with Gasteiger partial charge in [0, 0.05) is 11.6 Å². The van der Waals surface area contributed by atoms with E-state index in [4.69, 9.17) is 16.3 Å². The third kappa shape index (κ3) is 1.07. The zero-order valence-electron chi connectivity index (χ0n) is 7.32. The van der Waals surface area contributed by atoms with Gasteiger partial charge in [0.25, 0.3) is 0 Å². The lowest BCUT2D eigenvalue weighted by atomic mass is 10.2. The molecule has 1 aromatic carbocycles. The number of anilines is 2. The van der Waals surface area contributed by atoms with Crippen molar-refractivity contribution >= 4 is 22.3 Å². The van der Waals surface area contributed by atoms with Gasteiger partial charge in [-0.3, -0.25) is 0 Å². The molecule has 0 spiro atoms. The van der Waals surface area contributed by atoms with E-state index in [1.54, 1.807) is 17.9 Å². The van der Waals surface area contributed by atoms with Gasteiger partial charge in [0.1, 0.15) is 7.11 Å². The minimum atomic E-state index is 0.574. The SMILES string of the molecule is COn1ccc2cc(N)c(N)cc21. The molecular weight excluding hydrogens is 166 g/mol. The molecule has 1 heterocycles. The number of aromatic nitrogens is 1. The van der Waals surface area contributed by atoms with Crippen LogP contribution in [0.3, 0.4) is 0 Å². The van der Waals surface area contributed by atoms with Crippen LogP contribution in [0, 0.1) is 0 Å². The number of rotatable bonds is 1. The molecule has 0 fully saturated rings. The Bertz CT molecular complexity index is 447. The number of nitrogens with two attached hydrogens (primary N) is 2. The molecule has 4 N–H and O–H groups in total. The van der Waals surface area contributed by atoms with Crippen LogP contribution in [0.1, 0.15) is 0 Å². The first-order chi connectivity index (χ1) is 6.22. The lowest BCUT2D eigenvalue weighted by Crippen LogP contribution is -2.03. The third-order valence-corrected chi connectivity index (χ3v) is 2.06. The molecule has 1 aromatic heterocycles. The maximum absolute atomic E-state index is 5.67. The van der Waals surface area contributed by atoms with Gasteiger partial charge in [-0.15, -0.1) is 0 Å². The van der Waals surface area contributed by atoms with Crippen molar-refractivity contribution in [2.45, 2.75) is 0 Å². The van der Waals surface area contributed by atoms with Gasteiger partial charge < -0.3 is 16.3 Å². The summed E-state index contributed by atoms with van der Waals surface area (Å²) in [6.45, 7) is 0. The molecule has 0 bridgehead atoms. The predicted octanol–water partition coefficient (Wildman–Crippen LogP) is 0.864. The summed E-state index contributed by atoms with van der Waals surface area (Å²) in [6.07, 6.45) is 1.82. The fourth-order valence-corrected chi connectivity index (χ4v) is 1.35. The van der Waals surface area contributed by atoms with Crippen molar-refractivity contribution < 1.29 is 4.84 Å². The van der Waals surface area contributed by atoms with Gasteiger partial charge in [-0.25, -0.2) is 0 Å². The molecule has 0 amide bonds. The quantitative estimate of drug-likeness (QED) is 0.635. The zero-order chi connectivity index (χ0) is 9.42. The number of fused-ring (bicyclic) bond motifs is 1. The Morgan fingerprint density at radius 2 is 1.92 bits per heavy atom. The van der Waals surface area contributed by atoms with Gasteiger partial charge in [0.2, 0.25) is 0 Å². The van der Waals surface area contributed by atoms with E-state index < -0.39 is 0 Å². The minimum Gasteiger partial charge on any atom is -0.417 e.